The average molecular weight is 412 g/mol. The van der Waals surface area contributed by atoms with Gasteiger partial charge in [0.15, 0.2) is 5.13 Å². The molecule has 152 valence electrons. The number of aryl methyl sites for hydroxylation is 1. The molecule has 1 fully saturated rings. The minimum atomic E-state index is -0.548. The van der Waals surface area contributed by atoms with E-state index in [4.69, 9.17) is 4.42 Å². The van der Waals surface area contributed by atoms with Crippen LogP contribution in [0.4, 0.5) is 5.13 Å². The summed E-state index contributed by atoms with van der Waals surface area (Å²) in [4.78, 5) is 30.4. The van der Waals surface area contributed by atoms with Gasteiger partial charge in [-0.1, -0.05) is 32.1 Å². The number of amides is 1. The number of carbonyl (C=O) groups excluding carboxylic acids is 1. The number of nitrogens with zero attached hydrogens (tertiary/aromatic N) is 2. The molecule has 1 amide bonds. The van der Waals surface area contributed by atoms with E-state index in [-0.39, 0.29) is 11.5 Å². The van der Waals surface area contributed by atoms with E-state index in [0.717, 1.165) is 29.7 Å². The molecule has 1 saturated carbocycles. The van der Waals surface area contributed by atoms with Crippen molar-refractivity contribution in [2.45, 2.75) is 51.5 Å². The zero-order valence-corrected chi connectivity index (χ0v) is 17.3. The molecular formula is C22H25N3O3S. The van der Waals surface area contributed by atoms with Crippen LogP contribution in [0.25, 0.3) is 11.1 Å². The van der Waals surface area contributed by atoms with Crippen LogP contribution in [0.5, 0.6) is 0 Å². The van der Waals surface area contributed by atoms with Gasteiger partial charge in [-0.05, 0) is 37.0 Å². The molecule has 1 aliphatic rings. The predicted molar refractivity (Wildman–Crippen MR) is 114 cm³/mol. The van der Waals surface area contributed by atoms with Gasteiger partial charge < -0.3 is 14.3 Å². The Hall–Kier alpha value is -2.67. The lowest BCUT2D eigenvalue weighted by Crippen LogP contribution is -2.36. The third kappa shape index (κ3) is 4.50. The maximum absolute atomic E-state index is 13.2. The van der Waals surface area contributed by atoms with Crippen molar-refractivity contribution in [3.05, 3.63) is 58.4 Å². The quantitative estimate of drug-likeness (QED) is 0.618. The largest absolute Gasteiger partial charge is 0.472 e. The van der Waals surface area contributed by atoms with Gasteiger partial charge in [-0.25, -0.2) is 4.98 Å². The molecule has 3 heterocycles. The second-order valence-electron chi connectivity index (χ2n) is 7.69. The summed E-state index contributed by atoms with van der Waals surface area (Å²) in [6.45, 7) is 1.88. The van der Waals surface area contributed by atoms with Gasteiger partial charge in [-0.2, -0.15) is 0 Å². The van der Waals surface area contributed by atoms with Crippen molar-refractivity contribution in [1.29, 1.82) is 0 Å². The van der Waals surface area contributed by atoms with Gasteiger partial charge in [0, 0.05) is 28.9 Å². The van der Waals surface area contributed by atoms with Gasteiger partial charge >= 0.3 is 0 Å². The zero-order valence-electron chi connectivity index (χ0n) is 16.5. The van der Waals surface area contributed by atoms with Crippen molar-refractivity contribution >= 4 is 22.4 Å². The number of furan rings is 1. The predicted octanol–water partition coefficient (Wildman–Crippen LogP) is 5.02. The molecule has 29 heavy (non-hydrogen) atoms. The van der Waals surface area contributed by atoms with E-state index in [0.29, 0.717) is 17.5 Å². The highest BCUT2D eigenvalue weighted by Crippen LogP contribution is 2.32. The topological polar surface area (TPSA) is 77.1 Å². The van der Waals surface area contributed by atoms with Crippen molar-refractivity contribution in [3.63, 3.8) is 0 Å². The standard InChI is InChI=1S/C22H25N3O3S/c1-15-11-18(17-7-9-28-14-17)13-20(26)25(15)19(12-16-5-3-2-4-6-16)21(27)24-22-23-8-10-29-22/h7-11,13-14,16,19H,2-6,12H2,1H3,(H,23,24,27). The average Bonchev–Trinajstić information content (AvgIpc) is 3.41. The summed E-state index contributed by atoms with van der Waals surface area (Å²) in [5.74, 6) is 0.280. The molecule has 0 aromatic carbocycles. The number of carbonyl (C=O) groups is 1. The van der Waals surface area contributed by atoms with E-state index >= 15 is 0 Å². The Labute approximate surface area is 173 Å². The first-order chi connectivity index (χ1) is 14.1. The van der Waals surface area contributed by atoms with E-state index < -0.39 is 6.04 Å². The number of thiazole rings is 1. The van der Waals surface area contributed by atoms with E-state index in [1.54, 1.807) is 29.4 Å². The lowest BCUT2D eigenvalue weighted by atomic mass is 9.84. The Morgan fingerprint density at radius 1 is 1.31 bits per heavy atom. The molecule has 7 heteroatoms. The highest BCUT2D eigenvalue weighted by molar-refractivity contribution is 7.13. The molecule has 0 bridgehead atoms. The molecule has 0 radical (unpaired) electrons. The number of anilines is 1. The smallest absolute Gasteiger partial charge is 0.252 e. The second-order valence-corrected chi connectivity index (χ2v) is 8.58. The molecule has 4 rings (SSSR count). The van der Waals surface area contributed by atoms with Crippen LogP contribution in [-0.4, -0.2) is 15.5 Å². The Bertz CT molecular complexity index is 1000. The van der Waals surface area contributed by atoms with E-state index in [1.807, 2.05) is 24.4 Å². The van der Waals surface area contributed by atoms with Crippen LogP contribution in [0.1, 0.15) is 50.3 Å². The van der Waals surface area contributed by atoms with Crippen molar-refractivity contribution in [3.8, 4) is 11.1 Å². The number of rotatable bonds is 6. The van der Waals surface area contributed by atoms with Crippen molar-refractivity contribution in [2.24, 2.45) is 5.92 Å². The molecule has 6 nitrogen and oxygen atoms in total. The molecule has 1 unspecified atom stereocenters. The van der Waals surface area contributed by atoms with Crippen LogP contribution in [0.15, 0.2) is 51.5 Å². The number of aromatic nitrogens is 2. The number of hydrogen-bond donors (Lipinski definition) is 1. The monoisotopic (exact) mass is 411 g/mol. The molecule has 3 aromatic heterocycles. The van der Waals surface area contributed by atoms with Gasteiger partial charge in [-0.3, -0.25) is 9.59 Å². The normalized spacial score (nSPS) is 15.9. The van der Waals surface area contributed by atoms with Crippen molar-refractivity contribution in [2.75, 3.05) is 5.32 Å². The first-order valence-electron chi connectivity index (χ1n) is 10.1. The summed E-state index contributed by atoms with van der Waals surface area (Å²) >= 11 is 1.38. The minimum absolute atomic E-state index is 0.170. The maximum Gasteiger partial charge on any atom is 0.252 e. The number of pyridine rings is 1. The number of hydrogen-bond acceptors (Lipinski definition) is 5. The second kappa shape index (κ2) is 8.78. The fraction of sp³-hybridized carbons (Fsp3) is 0.409. The van der Waals surface area contributed by atoms with E-state index in [1.165, 1.54) is 30.6 Å². The summed E-state index contributed by atoms with van der Waals surface area (Å²) < 4.78 is 6.79. The van der Waals surface area contributed by atoms with Crippen LogP contribution >= 0.6 is 11.3 Å². The van der Waals surface area contributed by atoms with Crippen molar-refractivity contribution < 1.29 is 9.21 Å². The first kappa shape index (κ1) is 19.6. The van der Waals surface area contributed by atoms with Crippen LogP contribution in [-0.2, 0) is 4.79 Å². The molecule has 3 aromatic rings. The van der Waals surface area contributed by atoms with Crippen LogP contribution < -0.4 is 10.9 Å². The Morgan fingerprint density at radius 2 is 2.14 bits per heavy atom. The third-order valence-electron chi connectivity index (χ3n) is 5.67. The SMILES string of the molecule is Cc1cc(-c2ccoc2)cc(=O)n1C(CC1CCCCC1)C(=O)Nc1nccs1. The van der Waals surface area contributed by atoms with Gasteiger partial charge in [0.2, 0.25) is 5.91 Å². The molecule has 1 atom stereocenters. The van der Waals surface area contributed by atoms with Gasteiger partial charge in [0.25, 0.3) is 5.56 Å². The number of nitrogens with one attached hydrogen (secondary N) is 1. The van der Waals surface area contributed by atoms with E-state index in [9.17, 15) is 9.59 Å². The molecule has 1 aliphatic carbocycles. The lowest BCUT2D eigenvalue weighted by molar-refractivity contribution is -0.120. The van der Waals surface area contributed by atoms with Crippen LogP contribution in [0.2, 0.25) is 0 Å². The zero-order chi connectivity index (χ0) is 20.2. The maximum atomic E-state index is 13.2. The lowest BCUT2D eigenvalue weighted by Gasteiger charge is -2.28. The van der Waals surface area contributed by atoms with Gasteiger partial charge in [-0.15, -0.1) is 11.3 Å². The highest BCUT2D eigenvalue weighted by atomic mass is 32.1. The summed E-state index contributed by atoms with van der Waals surface area (Å²) in [6, 6.07) is 4.81. The van der Waals surface area contributed by atoms with Gasteiger partial charge in [0.1, 0.15) is 6.04 Å². The van der Waals surface area contributed by atoms with Crippen molar-refractivity contribution in [1.82, 2.24) is 9.55 Å². The first-order valence-corrected chi connectivity index (χ1v) is 11.0. The fourth-order valence-electron chi connectivity index (χ4n) is 4.25. The summed E-state index contributed by atoms with van der Waals surface area (Å²) in [5, 5.41) is 5.28. The van der Waals surface area contributed by atoms with Crippen LogP contribution in [0, 0.1) is 12.8 Å². The molecule has 0 spiro atoms. The summed E-state index contributed by atoms with van der Waals surface area (Å²) in [6.07, 6.45) is 11.4. The van der Waals surface area contributed by atoms with Gasteiger partial charge in [0.05, 0.1) is 12.5 Å². The minimum Gasteiger partial charge on any atom is -0.472 e. The Kier molecular flexibility index (Phi) is 5.94. The molecule has 0 saturated heterocycles. The summed E-state index contributed by atoms with van der Waals surface area (Å²) in [7, 11) is 0. The third-order valence-corrected chi connectivity index (χ3v) is 6.36. The Balaban J connectivity index is 1.67. The molecular weight excluding hydrogens is 386 g/mol. The highest BCUT2D eigenvalue weighted by Gasteiger charge is 2.28. The fourth-order valence-corrected chi connectivity index (χ4v) is 4.78. The molecule has 0 aliphatic heterocycles. The molecule has 1 N–H and O–H groups in total. The van der Waals surface area contributed by atoms with E-state index in [2.05, 4.69) is 10.3 Å². The van der Waals surface area contributed by atoms with Crippen LogP contribution in [0.3, 0.4) is 0 Å². The Morgan fingerprint density at radius 3 is 2.79 bits per heavy atom. The summed E-state index contributed by atoms with van der Waals surface area (Å²) in [5.41, 5.74) is 2.25.